The van der Waals surface area contributed by atoms with E-state index in [9.17, 15) is 0 Å². The van der Waals surface area contributed by atoms with Gasteiger partial charge in [0.1, 0.15) is 19.3 Å². The van der Waals surface area contributed by atoms with Crippen molar-refractivity contribution in [1.29, 1.82) is 0 Å². The number of ether oxygens (including phenoxy) is 2. The Morgan fingerprint density at radius 1 is 1.19 bits per heavy atom. The minimum atomic E-state index is 0.277. The fourth-order valence-electron chi connectivity index (χ4n) is 2.13. The van der Waals surface area contributed by atoms with E-state index in [-0.39, 0.29) is 6.61 Å². The zero-order chi connectivity index (χ0) is 18.5. The second-order valence-corrected chi connectivity index (χ2v) is 6.84. The monoisotopic (exact) mass is 454 g/mol. The van der Waals surface area contributed by atoms with Crippen LogP contribution in [0.4, 0.5) is 0 Å². The van der Waals surface area contributed by atoms with Crippen molar-refractivity contribution in [3.8, 4) is 11.5 Å². The van der Waals surface area contributed by atoms with Crippen LogP contribution >= 0.6 is 39.1 Å². The number of aromatic nitrogens is 3. The van der Waals surface area contributed by atoms with Crippen molar-refractivity contribution in [3.63, 3.8) is 0 Å². The van der Waals surface area contributed by atoms with Crippen LogP contribution < -0.4 is 9.47 Å². The lowest BCUT2D eigenvalue weighted by atomic mass is 10.2. The Morgan fingerprint density at radius 2 is 1.96 bits per heavy atom. The average Bonchev–Trinajstić information content (AvgIpc) is 3.13. The molecule has 3 rings (SSSR count). The lowest BCUT2D eigenvalue weighted by Crippen LogP contribution is -2.00. The molecule has 26 heavy (non-hydrogen) atoms. The van der Waals surface area contributed by atoms with E-state index in [4.69, 9.17) is 32.7 Å². The van der Waals surface area contributed by atoms with Gasteiger partial charge in [-0.3, -0.25) is 0 Å². The maximum absolute atomic E-state index is 6.19. The fraction of sp³-hybridized carbons (Fsp3) is 0.118. The number of hydrogen-bond acceptors (Lipinski definition) is 5. The Balaban J connectivity index is 1.80. The number of nitrogens with zero attached hydrogens (tertiary/aromatic N) is 4. The molecule has 0 aliphatic carbocycles. The summed E-state index contributed by atoms with van der Waals surface area (Å²) in [6.45, 7) is 0.277. The highest BCUT2D eigenvalue weighted by molar-refractivity contribution is 9.10. The Morgan fingerprint density at radius 3 is 2.65 bits per heavy atom. The van der Waals surface area contributed by atoms with Gasteiger partial charge in [-0.25, -0.2) is 4.68 Å². The number of hydrogen-bond donors (Lipinski definition) is 0. The molecule has 1 aromatic heterocycles. The third kappa shape index (κ3) is 4.55. The van der Waals surface area contributed by atoms with Crippen molar-refractivity contribution < 1.29 is 9.47 Å². The highest BCUT2D eigenvalue weighted by atomic mass is 79.9. The molecule has 0 saturated carbocycles. The first kappa shape index (κ1) is 18.7. The quantitative estimate of drug-likeness (QED) is 0.500. The van der Waals surface area contributed by atoms with Crippen LogP contribution in [0, 0.1) is 0 Å². The Kier molecular flexibility index (Phi) is 6.13. The topological polar surface area (TPSA) is 61.5 Å². The summed E-state index contributed by atoms with van der Waals surface area (Å²) in [5.74, 6) is 1.13. The lowest BCUT2D eigenvalue weighted by molar-refractivity contribution is 0.282. The zero-order valence-electron chi connectivity index (χ0n) is 13.6. The van der Waals surface area contributed by atoms with Crippen LogP contribution in [0.5, 0.6) is 11.5 Å². The third-order valence-electron chi connectivity index (χ3n) is 3.39. The molecule has 9 heteroatoms. The van der Waals surface area contributed by atoms with Crippen molar-refractivity contribution in [2.75, 3.05) is 7.11 Å². The molecule has 3 aromatic rings. The van der Waals surface area contributed by atoms with Crippen LogP contribution in [-0.4, -0.2) is 28.2 Å². The van der Waals surface area contributed by atoms with Crippen molar-refractivity contribution in [2.24, 2.45) is 5.10 Å². The molecule has 0 atom stereocenters. The molecular weight excluding hydrogens is 443 g/mol. The smallest absolute Gasteiger partial charge is 0.175 e. The second kappa shape index (κ2) is 8.53. The van der Waals surface area contributed by atoms with E-state index >= 15 is 0 Å². The second-order valence-electron chi connectivity index (χ2n) is 5.14. The number of methoxy groups -OCH3 is 1. The number of rotatable bonds is 6. The van der Waals surface area contributed by atoms with Gasteiger partial charge in [0.05, 0.1) is 17.8 Å². The largest absolute Gasteiger partial charge is 0.493 e. The van der Waals surface area contributed by atoms with Crippen molar-refractivity contribution >= 4 is 45.3 Å². The van der Waals surface area contributed by atoms with Crippen molar-refractivity contribution in [1.82, 2.24) is 14.9 Å². The van der Waals surface area contributed by atoms with Crippen LogP contribution in [0.3, 0.4) is 0 Å². The van der Waals surface area contributed by atoms with E-state index in [0.717, 1.165) is 15.6 Å². The van der Waals surface area contributed by atoms with Crippen molar-refractivity contribution in [3.05, 3.63) is 68.6 Å². The van der Waals surface area contributed by atoms with E-state index < -0.39 is 0 Å². The maximum atomic E-state index is 6.19. The Labute approximate surface area is 168 Å². The molecule has 0 saturated heterocycles. The molecule has 2 aromatic carbocycles. The van der Waals surface area contributed by atoms with Gasteiger partial charge in [0.15, 0.2) is 11.5 Å². The standard InChI is InChI=1S/C17H13BrCl2N4O2/c1-25-16-5-11(7-23-24-9-21-22-10-24)4-14(18)17(16)26-8-12-2-3-13(19)6-15(12)20/h2-7,9-10H,8H2,1H3. The molecule has 1 heterocycles. The van der Waals surface area contributed by atoms with Gasteiger partial charge in [0.25, 0.3) is 0 Å². The summed E-state index contributed by atoms with van der Waals surface area (Å²) < 4.78 is 13.6. The van der Waals surface area contributed by atoms with E-state index in [2.05, 4.69) is 31.2 Å². The minimum Gasteiger partial charge on any atom is -0.493 e. The van der Waals surface area contributed by atoms with Crippen LogP contribution in [-0.2, 0) is 6.61 Å². The van der Waals surface area contributed by atoms with Gasteiger partial charge in [0, 0.05) is 15.6 Å². The summed E-state index contributed by atoms with van der Waals surface area (Å²) in [7, 11) is 1.57. The van der Waals surface area contributed by atoms with Gasteiger partial charge in [-0.15, -0.1) is 10.2 Å². The minimum absolute atomic E-state index is 0.277. The maximum Gasteiger partial charge on any atom is 0.175 e. The van der Waals surface area contributed by atoms with Crippen LogP contribution in [0.15, 0.2) is 52.6 Å². The fourth-order valence-corrected chi connectivity index (χ4v) is 3.17. The molecular formula is C17H13BrCl2N4O2. The number of halogens is 3. The zero-order valence-corrected chi connectivity index (χ0v) is 16.7. The van der Waals surface area contributed by atoms with Gasteiger partial charge < -0.3 is 9.47 Å². The lowest BCUT2D eigenvalue weighted by Gasteiger charge is -2.14. The van der Waals surface area contributed by atoms with Gasteiger partial charge in [-0.1, -0.05) is 29.3 Å². The molecule has 0 bridgehead atoms. The predicted molar refractivity (Wildman–Crippen MR) is 105 cm³/mol. The summed E-state index contributed by atoms with van der Waals surface area (Å²) in [6.07, 6.45) is 4.66. The number of benzene rings is 2. The molecule has 0 fully saturated rings. The summed E-state index contributed by atoms with van der Waals surface area (Å²) in [6, 6.07) is 8.96. The molecule has 0 unspecified atom stereocenters. The average molecular weight is 456 g/mol. The van der Waals surface area contributed by atoms with Gasteiger partial charge >= 0.3 is 0 Å². The predicted octanol–water partition coefficient (Wildman–Crippen LogP) is 4.82. The van der Waals surface area contributed by atoms with E-state index in [1.165, 1.54) is 17.3 Å². The summed E-state index contributed by atoms with van der Waals surface area (Å²) in [4.78, 5) is 0. The molecule has 0 aliphatic rings. The first-order valence-corrected chi connectivity index (χ1v) is 8.95. The first-order chi connectivity index (χ1) is 12.6. The molecule has 0 spiro atoms. The van der Waals surface area contributed by atoms with Crippen LogP contribution in [0.1, 0.15) is 11.1 Å². The van der Waals surface area contributed by atoms with Gasteiger partial charge in [0.2, 0.25) is 0 Å². The van der Waals surface area contributed by atoms with E-state index in [1.807, 2.05) is 18.2 Å². The van der Waals surface area contributed by atoms with Gasteiger partial charge in [-0.05, 0) is 45.8 Å². The molecule has 0 aliphatic heterocycles. The van der Waals surface area contributed by atoms with Crippen LogP contribution in [0.2, 0.25) is 10.0 Å². The Hall–Kier alpha value is -2.09. The summed E-state index contributed by atoms with van der Waals surface area (Å²) >= 11 is 15.6. The molecule has 6 nitrogen and oxygen atoms in total. The SMILES string of the molecule is COc1cc(C=Nn2cnnc2)cc(Br)c1OCc1ccc(Cl)cc1Cl. The first-order valence-electron chi connectivity index (χ1n) is 7.40. The van der Waals surface area contributed by atoms with E-state index in [1.54, 1.807) is 25.5 Å². The highest BCUT2D eigenvalue weighted by Crippen LogP contribution is 2.37. The van der Waals surface area contributed by atoms with Crippen molar-refractivity contribution in [2.45, 2.75) is 6.61 Å². The summed E-state index contributed by atoms with van der Waals surface area (Å²) in [5, 5.41) is 12.7. The molecule has 134 valence electrons. The Bertz CT molecular complexity index is 933. The highest BCUT2D eigenvalue weighted by Gasteiger charge is 2.12. The van der Waals surface area contributed by atoms with Crippen LogP contribution in [0.25, 0.3) is 0 Å². The van der Waals surface area contributed by atoms with Gasteiger partial charge in [-0.2, -0.15) is 5.10 Å². The molecule has 0 N–H and O–H groups in total. The normalized spacial score (nSPS) is 11.1. The summed E-state index contributed by atoms with van der Waals surface area (Å²) in [5.41, 5.74) is 1.64. The molecule has 0 amide bonds. The third-order valence-corrected chi connectivity index (χ3v) is 4.56. The molecule has 0 radical (unpaired) electrons. The van der Waals surface area contributed by atoms with E-state index in [0.29, 0.717) is 21.5 Å².